The lowest BCUT2D eigenvalue weighted by Crippen LogP contribution is -2.42. The number of rotatable bonds is 7. The van der Waals surface area contributed by atoms with E-state index in [2.05, 4.69) is 5.32 Å². The topological polar surface area (TPSA) is 75.6 Å². The van der Waals surface area contributed by atoms with E-state index in [-0.39, 0.29) is 18.2 Å². The van der Waals surface area contributed by atoms with Crippen LogP contribution in [0.5, 0.6) is 5.75 Å². The molecule has 2 N–H and O–H groups in total. The molecule has 22 heavy (non-hydrogen) atoms. The Morgan fingerprint density at radius 1 is 1.27 bits per heavy atom. The van der Waals surface area contributed by atoms with Gasteiger partial charge in [0.15, 0.2) is 0 Å². The SMILES string of the molecule is COc1c(C)cc(C)cc1CC(=O)N[C@@H](CC(C)C)C(=O)O. The number of carboxylic acid groups (broad SMARTS) is 1. The molecule has 0 saturated carbocycles. The summed E-state index contributed by atoms with van der Waals surface area (Å²) in [4.78, 5) is 23.4. The van der Waals surface area contributed by atoms with Gasteiger partial charge in [-0.3, -0.25) is 4.79 Å². The molecule has 0 heterocycles. The average molecular weight is 307 g/mol. The highest BCUT2D eigenvalue weighted by atomic mass is 16.5. The van der Waals surface area contributed by atoms with Crippen LogP contribution < -0.4 is 10.1 Å². The van der Waals surface area contributed by atoms with Gasteiger partial charge in [0.25, 0.3) is 0 Å². The Morgan fingerprint density at radius 2 is 1.91 bits per heavy atom. The van der Waals surface area contributed by atoms with Crippen LogP contribution in [-0.4, -0.2) is 30.1 Å². The van der Waals surface area contributed by atoms with Crippen molar-refractivity contribution in [2.24, 2.45) is 5.92 Å². The smallest absolute Gasteiger partial charge is 0.326 e. The Bertz CT molecular complexity index is 552. The number of ether oxygens (including phenoxy) is 1. The fourth-order valence-electron chi connectivity index (χ4n) is 2.58. The summed E-state index contributed by atoms with van der Waals surface area (Å²) < 4.78 is 5.35. The van der Waals surface area contributed by atoms with E-state index < -0.39 is 12.0 Å². The van der Waals surface area contributed by atoms with Gasteiger partial charge >= 0.3 is 5.97 Å². The fraction of sp³-hybridized carbons (Fsp3) is 0.529. The molecule has 0 saturated heterocycles. The van der Waals surface area contributed by atoms with Gasteiger partial charge in [0.05, 0.1) is 13.5 Å². The quantitative estimate of drug-likeness (QED) is 0.811. The molecule has 0 aliphatic carbocycles. The molecule has 1 rings (SSSR count). The zero-order valence-corrected chi connectivity index (χ0v) is 13.9. The number of benzene rings is 1. The first-order valence-corrected chi connectivity index (χ1v) is 7.40. The molecule has 5 nitrogen and oxygen atoms in total. The molecule has 0 spiro atoms. The predicted octanol–water partition coefficient (Wildman–Crippen LogP) is 2.47. The fourth-order valence-corrected chi connectivity index (χ4v) is 2.58. The van der Waals surface area contributed by atoms with Crippen LogP contribution in [0.4, 0.5) is 0 Å². The molecular weight excluding hydrogens is 282 g/mol. The van der Waals surface area contributed by atoms with Crippen LogP contribution in [0.25, 0.3) is 0 Å². The molecule has 1 amide bonds. The van der Waals surface area contributed by atoms with E-state index in [4.69, 9.17) is 4.74 Å². The van der Waals surface area contributed by atoms with Crippen LogP contribution in [0.2, 0.25) is 0 Å². The van der Waals surface area contributed by atoms with Gasteiger partial charge in [-0.25, -0.2) is 4.79 Å². The van der Waals surface area contributed by atoms with Crippen LogP contribution in [-0.2, 0) is 16.0 Å². The van der Waals surface area contributed by atoms with Crippen LogP contribution in [0, 0.1) is 19.8 Å². The van der Waals surface area contributed by atoms with Crippen LogP contribution >= 0.6 is 0 Å². The molecule has 1 aromatic rings. The van der Waals surface area contributed by atoms with Crippen LogP contribution in [0.1, 0.15) is 37.0 Å². The van der Waals surface area contributed by atoms with Crippen molar-refractivity contribution >= 4 is 11.9 Å². The number of methoxy groups -OCH3 is 1. The highest BCUT2D eigenvalue weighted by Gasteiger charge is 2.22. The number of carbonyl (C=O) groups excluding carboxylic acids is 1. The van der Waals surface area contributed by atoms with Crippen molar-refractivity contribution < 1.29 is 19.4 Å². The van der Waals surface area contributed by atoms with Crippen molar-refractivity contribution in [2.45, 2.75) is 46.6 Å². The molecular formula is C17H25NO4. The molecule has 0 aliphatic heterocycles. The molecule has 0 radical (unpaired) electrons. The maximum absolute atomic E-state index is 12.2. The van der Waals surface area contributed by atoms with Gasteiger partial charge < -0.3 is 15.2 Å². The van der Waals surface area contributed by atoms with E-state index in [9.17, 15) is 14.7 Å². The van der Waals surface area contributed by atoms with Gasteiger partial charge in [0.1, 0.15) is 11.8 Å². The number of amides is 1. The number of nitrogens with one attached hydrogen (secondary N) is 1. The van der Waals surface area contributed by atoms with Crippen molar-refractivity contribution in [1.29, 1.82) is 0 Å². The summed E-state index contributed by atoms with van der Waals surface area (Å²) in [5.74, 6) is -0.445. The van der Waals surface area contributed by atoms with Crippen molar-refractivity contribution in [1.82, 2.24) is 5.32 Å². The van der Waals surface area contributed by atoms with E-state index in [0.29, 0.717) is 12.2 Å². The van der Waals surface area contributed by atoms with E-state index >= 15 is 0 Å². The summed E-state index contributed by atoms with van der Waals surface area (Å²) in [5.41, 5.74) is 2.77. The molecule has 5 heteroatoms. The van der Waals surface area contributed by atoms with E-state index in [1.807, 2.05) is 39.8 Å². The van der Waals surface area contributed by atoms with Gasteiger partial charge in [-0.05, 0) is 31.7 Å². The molecule has 1 aromatic carbocycles. The van der Waals surface area contributed by atoms with Gasteiger partial charge in [-0.1, -0.05) is 31.5 Å². The highest BCUT2D eigenvalue weighted by molar-refractivity contribution is 5.85. The minimum atomic E-state index is -1.01. The Balaban J connectivity index is 2.86. The number of carboxylic acids is 1. The van der Waals surface area contributed by atoms with E-state index in [0.717, 1.165) is 16.7 Å². The third kappa shape index (κ3) is 5.06. The Morgan fingerprint density at radius 3 is 2.41 bits per heavy atom. The molecule has 122 valence electrons. The largest absolute Gasteiger partial charge is 0.496 e. The molecule has 0 aromatic heterocycles. The zero-order chi connectivity index (χ0) is 16.9. The van der Waals surface area contributed by atoms with Gasteiger partial charge in [-0.2, -0.15) is 0 Å². The first kappa shape index (κ1) is 18.0. The maximum atomic E-state index is 12.2. The van der Waals surface area contributed by atoms with Crippen LogP contribution in [0.3, 0.4) is 0 Å². The lowest BCUT2D eigenvalue weighted by Gasteiger charge is -2.17. The summed E-state index contributed by atoms with van der Waals surface area (Å²) in [7, 11) is 1.57. The van der Waals surface area contributed by atoms with Crippen molar-refractivity contribution in [3.8, 4) is 5.75 Å². The normalized spacial score (nSPS) is 12.1. The third-order valence-electron chi connectivity index (χ3n) is 3.39. The zero-order valence-electron chi connectivity index (χ0n) is 13.9. The minimum absolute atomic E-state index is 0.105. The Kier molecular flexibility index (Phi) is 6.40. The van der Waals surface area contributed by atoms with E-state index in [1.165, 1.54) is 0 Å². The van der Waals surface area contributed by atoms with Gasteiger partial charge in [0.2, 0.25) is 5.91 Å². The third-order valence-corrected chi connectivity index (χ3v) is 3.39. The summed E-state index contributed by atoms with van der Waals surface area (Å²) >= 11 is 0. The molecule has 0 unspecified atom stereocenters. The molecule has 1 atom stereocenters. The first-order valence-electron chi connectivity index (χ1n) is 7.40. The number of aryl methyl sites for hydroxylation is 2. The lowest BCUT2D eigenvalue weighted by atomic mass is 10.0. The molecule has 0 aliphatic rings. The summed E-state index contributed by atoms with van der Waals surface area (Å²) in [6.45, 7) is 7.72. The number of carbonyl (C=O) groups is 2. The first-order chi connectivity index (χ1) is 10.2. The predicted molar refractivity (Wildman–Crippen MR) is 85.2 cm³/mol. The van der Waals surface area contributed by atoms with Gasteiger partial charge in [0, 0.05) is 5.56 Å². The van der Waals surface area contributed by atoms with Crippen molar-refractivity contribution in [2.75, 3.05) is 7.11 Å². The van der Waals surface area contributed by atoms with Crippen LogP contribution in [0.15, 0.2) is 12.1 Å². The summed E-state index contributed by atoms with van der Waals surface area (Å²) in [6, 6.07) is 3.02. The number of hydrogen-bond donors (Lipinski definition) is 2. The minimum Gasteiger partial charge on any atom is -0.496 e. The highest BCUT2D eigenvalue weighted by Crippen LogP contribution is 2.25. The second-order valence-electron chi connectivity index (χ2n) is 6.04. The second kappa shape index (κ2) is 7.82. The number of aliphatic carboxylic acids is 1. The maximum Gasteiger partial charge on any atom is 0.326 e. The van der Waals surface area contributed by atoms with Gasteiger partial charge in [-0.15, -0.1) is 0 Å². The average Bonchev–Trinajstić information content (AvgIpc) is 2.36. The van der Waals surface area contributed by atoms with Crippen molar-refractivity contribution in [3.05, 3.63) is 28.8 Å². The summed E-state index contributed by atoms with van der Waals surface area (Å²) in [6.07, 6.45) is 0.513. The standard InChI is InChI=1S/C17H25NO4/c1-10(2)6-14(17(20)21)18-15(19)9-13-8-11(3)7-12(4)16(13)22-5/h7-8,10,14H,6,9H2,1-5H3,(H,18,19)(H,20,21)/t14-/m0/s1. The summed E-state index contributed by atoms with van der Waals surface area (Å²) in [5, 5.41) is 11.8. The Labute approximate surface area is 131 Å². The second-order valence-corrected chi connectivity index (χ2v) is 6.04. The molecule has 0 bridgehead atoms. The number of hydrogen-bond acceptors (Lipinski definition) is 3. The molecule has 0 fully saturated rings. The van der Waals surface area contributed by atoms with E-state index in [1.54, 1.807) is 7.11 Å². The van der Waals surface area contributed by atoms with Crippen molar-refractivity contribution in [3.63, 3.8) is 0 Å². The lowest BCUT2D eigenvalue weighted by molar-refractivity contribution is -0.142. The monoisotopic (exact) mass is 307 g/mol. The Hall–Kier alpha value is -2.04.